The third-order valence-electron chi connectivity index (χ3n) is 4.76. The number of hydrogen-bond donors (Lipinski definition) is 0. The standard InChI is InChI=1S/C24H18N4OS2/c1-29-22-7-6-18-11-20(5-4-19(18)12-22)23-16-31-24(27-21-3-2-9-25-14-21)28(23)26-13-17-8-10-30-15-17/h2-16H,1H3. The summed E-state index contributed by atoms with van der Waals surface area (Å²) in [4.78, 5) is 9.71. The van der Waals surface area contributed by atoms with Crippen molar-refractivity contribution in [2.24, 2.45) is 10.1 Å². The number of nitrogens with zero attached hydrogens (tertiary/aromatic N) is 4. The Morgan fingerprint density at radius 3 is 2.74 bits per heavy atom. The molecule has 5 nitrogen and oxygen atoms in total. The summed E-state index contributed by atoms with van der Waals surface area (Å²) in [7, 11) is 1.68. The third kappa shape index (κ3) is 4.19. The van der Waals surface area contributed by atoms with Crippen LogP contribution in [0.4, 0.5) is 5.69 Å². The SMILES string of the molecule is COc1ccc2cc(-c3csc(=Nc4cccnc4)n3N=Cc3ccsc3)ccc2c1. The van der Waals surface area contributed by atoms with Crippen LogP contribution in [-0.2, 0) is 0 Å². The van der Waals surface area contributed by atoms with E-state index >= 15 is 0 Å². The quantitative estimate of drug-likeness (QED) is 0.316. The van der Waals surface area contributed by atoms with E-state index in [1.54, 1.807) is 42.2 Å². The molecule has 0 fully saturated rings. The molecule has 0 amide bonds. The van der Waals surface area contributed by atoms with Gasteiger partial charge in [0.05, 0.1) is 30.9 Å². The molecule has 2 aromatic carbocycles. The lowest BCUT2D eigenvalue weighted by Gasteiger charge is -2.07. The summed E-state index contributed by atoms with van der Waals surface area (Å²) in [5.41, 5.74) is 3.91. The Kier molecular flexibility index (Phi) is 5.43. The van der Waals surface area contributed by atoms with Crippen LogP contribution >= 0.6 is 22.7 Å². The highest BCUT2D eigenvalue weighted by Gasteiger charge is 2.09. The van der Waals surface area contributed by atoms with E-state index in [1.165, 1.54) is 0 Å². The van der Waals surface area contributed by atoms with Crippen LogP contribution < -0.4 is 9.54 Å². The number of pyridine rings is 1. The molecule has 3 aromatic heterocycles. The zero-order valence-corrected chi connectivity index (χ0v) is 18.3. The molecule has 3 heterocycles. The van der Waals surface area contributed by atoms with Gasteiger partial charge in [-0.1, -0.05) is 18.2 Å². The fourth-order valence-electron chi connectivity index (χ4n) is 3.20. The predicted molar refractivity (Wildman–Crippen MR) is 129 cm³/mol. The topological polar surface area (TPSA) is 51.8 Å². The molecule has 0 saturated carbocycles. The van der Waals surface area contributed by atoms with Gasteiger partial charge in [0.2, 0.25) is 4.80 Å². The Labute approximate surface area is 187 Å². The van der Waals surface area contributed by atoms with Gasteiger partial charge in [0.25, 0.3) is 0 Å². The first-order valence-corrected chi connectivity index (χ1v) is 11.4. The molecule has 0 N–H and O–H groups in total. The van der Waals surface area contributed by atoms with Gasteiger partial charge in [0.15, 0.2) is 0 Å². The number of aromatic nitrogens is 2. The van der Waals surface area contributed by atoms with Gasteiger partial charge in [-0.15, -0.1) is 11.3 Å². The number of rotatable bonds is 5. The average molecular weight is 443 g/mol. The van der Waals surface area contributed by atoms with Crippen LogP contribution in [0.3, 0.4) is 0 Å². The monoisotopic (exact) mass is 442 g/mol. The van der Waals surface area contributed by atoms with Crippen molar-refractivity contribution in [2.45, 2.75) is 0 Å². The highest BCUT2D eigenvalue weighted by Crippen LogP contribution is 2.27. The van der Waals surface area contributed by atoms with Crippen molar-refractivity contribution in [3.05, 3.63) is 93.5 Å². The number of thiazole rings is 1. The Hall–Kier alpha value is -3.55. The lowest BCUT2D eigenvalue weighted by atomic mass is 10.1. The van der Waals surface area contributed by atoms with Gasteiger partial charge in [-0.2, -0.15) is 16.4 Å². The van der Waals surface area contributed by atoms with Crippen LogP contribution in [0, 0.1) is 0 Å². The van der Waals surface area contributed by atoms with E-state index in [2.05, 4.69) is 40.0 Å². The van der Waals surface area contributed by atoms with E-state index in [0.717, 1.165) is 43.8 Å². The van der Waals surface area contributed by atoms with Gasteiger partial charge in [0.1, 0.15) is 5.75 Å². The van der Waals surface area contributed by atoms with Crippen molar-refractivity contribution >= 4 is 45.3 Å². The molecule has 5 rings (SSSR count). The van der Waals surface area contributed by atoms with Gasteiger partial charge in [-0.05, 0) is 57.9 Å². The Morgan fingerprint density at radius 2 is 1.94 bits per heavy atom. The van der Waals surface area contributed by atoms with Crippen molar-refractivity contribution in [1.82, 2.24) is 9.66 Å². The molecule has 0 aliphatic rings. The largest absolute Gasteiger partial charge is 0.497 e. The molecule has 152 valence electrons. The molecule has 0 aliphatic carbocycles. The fourth-order valence-corrected chi connectivity index (χ4v) is 4.67. The number of ether oxygens (including phenoxy) is 1. The Balaban J connectivity index is 1.64. The Bertz CT molecular complexity index is 1420. The van der Waals surface area contributed by atoms with Crippen molar-refractivity contribution in [1.29, 1.82) is 0 Å². The van der Waals surface area contributed by atoms with Gasteiger partial charge in [-0.3, -0.25) is 4.98 Å². The first-order chi connectivity index (χ1) is 15.3. The van der Waals surface area contributed by atoms with Crippen LogP contribution in [0.2, 0.25) is 0 Å². The van der Waals surface area contributed by atoms with Crippen LogP contribution in [0.1, 0.15) is 5.56 Å². The molecule has 0 unspecified atom stereocenters. The summed E-state index contributed by atoms with van der Waals surface area (Å²) in [5, 5.41) is 13.2. The third-order valence-corrected chi connectivity index (χ3v) is 6.28. The van der Waals surface area contributed by atoms with Gasteiger partial charge >= 0.3 is 0 Å². The van der Waals surface area contributed by atoms with Crippen molar-refractivity contribution < 1.29 is 4.74 Å². The van der Waals surface area contributed by atoms with E-state index in [-0.39, 0.29) is 0 Å². The van der Waals surface area contributed by atoms with Crippen LogP contribution in [0.15, 0.2) is 93.2 Å². The molecule has 0 aliphatic heterocycles. The average Bonchev–Trinajstić information content (AvgIpc) is 3.47. The second-order valence-electron chi connectivity index (χ2n) is 6.77. The highest BCUT2D eigenvalue weighted by atomic mass is 32.1. The summed E-state index contributed by atoms with van der Waals surface area (Å²) in [5.74, 6) is 0.851. The summed E-state index contributed by atoms with van der Waals surface area (Å²) in [6.45, 7) is 0. The number of hydrogen-bond acceptors (Lipinski definition) is 6. The smallest absolute Gasteiger partial charge is 0.211 e. The lowest BCUT2D eigenvalue weighted by molar-refractivity contribution is 0.415. The summed E-state index contributed by atoms with van der Waals surface area (Å²) >= 11 is 3.20. The lowest BCUT2D eigenvalue weighted by Crippen LogP contribution is -2.11. The normalized spacial score (nSPS) is 12.1. The number of methoxy groups -OCH3 is 1. The van der Waals surface area contributed by atoms with Gasteiger partial charge in [0, 0.05) is 22.7 Å². The van der Waals surface area contributed by atoms with E-state index in [1.807, 2.05) is 46.6 Å². The summed E-state index contributed by atoms with van der Waals surface area (Å²) in [6.07, 6.45) is 5.35. The molecule has 0 saturated heterocycles. The first kappa shape index (κ1) is 19.4. The molecular formula is C24H18N4OS2. The highest BCUT2D eigenvalue weighted by molar-refractivity contribution is 7.08. The van der Waals surface area contributed by atoms with Crippen molar-refractivity contribution in [3.63, 3.8) is 0 Å². The van der Waals surface area contributed by atoms with E-state index < -0.39 is 0 Å². The van der Waals surface area contributed by atoms with E-state index in [9.17, 15) is 0 Å². The first-order valence-electron chi connectivity index (χ1n) is 9.60. The maximum Gasteiger partial charge on any atom is 0.211 e. The molecule has 0 bridgehead atoms. The number of thiophene rings is 1. The molecule has 7 heteroatoms. The minimum atomic E-state index is 0.782. The maximum absolute atomic E-state index is 5.35. The summed E-state index contributed by atoms with van der Waals surface area (Å²) in [6, 6.07) is 18.3. The fraction of sp³-hybridized carbons (Fsp3) is 0.0417. The molecule has 5 aromatic rings. The zero-order chi connectivity index (χ0) is 21.0. The minimum absolute atomic E-state index is 0.782. The van der Waals surface area contributed by atoms with Gasteiger partial charge in [-0.25, -0.2) is 9.67 Å². The molecule has 0 spiro atoms. The van der Waals surface area contributed by atoms with Crippen LogP contribution in [-0.4, -0.2) is 23.0 Å². The van der Waals surface area contributed by atoms with Gasteiger partial charge < -0.3 is 4.74 Å². The van der Waals surface area contributed by atoms with E-state index in [4.69, 9.17) is 14.8 Å². The molecule has 0 atom stereocenters. The van der Waals surface area contributed by atoms with Crippen molar-refractivity contribution in [3.8, 4) is 17.0 Å². The molecule has 31 heavy (non-hydrogen) atoms. The Morgan fingerprint density at radius 1 is 1.03 bits per heavy atom. The number of benzene rings is 2. The van der Waals surface area contributed by atoms with Crippen LogP contribution in [0.25, 0.3) is 22.0 Å². The van der Waals surface area contributed by atoms with Crippen LogP contribution in [0.5, 0.6) is 5.75 Å². The molecule has 0 radical (unpaired) electrons. The van der Waals surface area contributed by atoms with E-state index in [0.29, 0.717) is 0 Å². The minimum Gasteiger partial charge on any atom is -0.497 e. The second kappa shape index (κ2) is 8.67. The number of fused-ring (bicyclic) bond motifs is 1. The van der Waals surface area contributed by atoms with Crippen molar-refractivity contribution in [2.75, 3.05) is 7.11 Å². The second-order valence-corrected chi connectivity index (χ2v) is 8.38. The summed E-state index contributed by atoms with van der Waals surface area (Å²) < 4.78 is 7.23. The molecular weight excluding hydrogens is 424 g/mol. The zero-order valence-electron chi connectivity index (χ0n) is 16.7. The maximum atomic E-state index is 5.35. The predicted octanol–water partition coefficient (Wildman–Crippen LogP) is 5.95.